The van der Waals surface area contributed by atoms with Crippen LogP contribution in [0.3, 0.4) is 0 Å². The Kier molecular flexibility index (Phi) is 11.6. The molecule has 0 aliphatic heterocycles. The maximum atomic E-state index is 12.5. The summed E-state index contributed by atoms with van der Waals surface area (Å²) in [6, 6.07) is 25.1. The first-order valence-corrected chi connectivity index (χ1v) is 17.2. The summed E-state index contributed by atoms with van der Waals surface area (Å²) >= 11 is 0. The van der Waals surface area contributed by atoms with Gasteiger partial charge in [-0.1, -0.05) is 84.0 Å². The second-order valence-electron chi connectivity index (χ2n) is 10.4. The summed E-state index contributed by atoms with van der Waals surface area (Å²) in [5, 5.41) is 78.8. The van der Waals surface area contributed by atoms with Crippen molar-refractivity contribution in [2.75, 3.05) is 0 Å². The third-order valence-electron chi connectivity index (χ3n) is 6.89. The predicted molar refractivity (Wildman–Crippen MR) is 175 cm³/mol. The molecule has 0 amide bonds. The number of hydrogen-bond donors (Lipinski definition) is 2. The molecule has 0 spiro atoms. The Bertz CT molecular complexity index is 2520. The molecule has 259 valence electrons. The molecule has 0 bridgehead atoms. The Balaban J connectivity index is 0.000000271. The Morgan fingerprint density at radius 3 is 1.67 bits per heavy atom. The minimum absolute atomic E-state index is 0. The van der Waals surface area contributed by atoms with Gasteiger partial charge < -0.3 is 20.4 Å². The molecule has 6 rings (SSSR count). The van der Waals surface area contributed by atoms with Crippen LogP contribution >= 0.6 is 0 Å². The smallest absolute Gasteiger partial charge is 0.871 e. The average molecular weight is 766 g/mol. The zero-order valence-corrected chi connectivity index (χ0v) is 29.1. The SMILES string of the molecule is Cc1nn(-c2ccccc2)c([O-])c1N=Nc1cc(S(N)(=O)=O)ccc1[O-].NS(=O)(=O)c1ccc([O-])c(N=Nc2c([O-])ccc3ccccc23)c1.[Cr+3].[H+]. The van der Waals surface area contributed by atoms with E-state index in [1.807, 2.05) is 12.1 Å². The minimum atomic E-state index is -3.99. The third kappa shape index (κ3) is 8.92. The Hall–Kier alpha value is -5.68. The van der Waals surface area contributed by atoms with Crippen molar-refractivity contribution in [1.29, 1.82) is 0 Å². The number of aromatic nitrogens is 2. The number of nitrogens with two attached hydrogens (primary N) is 2. The van der Waals surface area contributed by atoms with Gasteiger partial charge in [-0.05, 0) is 48.7 Å². The van der Waals surface area contributed by atoms with Crippen molar-refractivity contribution in [3.05, 3.63) is 109 Å². The summed E-state index contributed by atoms with van der Waals surface area (Å²) < 4.78 is 46.6. The zero-order chi connectivity index (χ0) is 36.2. The van der Waals surface area contributed by atoms with Crippen molar-refractivity contribution in [3.63, 3.8) is 0 Å². The van der Waals surface area contributed by atoms with E-state index in [9.17, 15) is 37.3 Å². The summed E-state index contributed by atoms with van der Waals surface area (Å²) in [6.07, 6.45) is 0. The van der Waals surface area contributed by atoms with Crippen molar-refractivity contribution in [2.24, 2.45) is 30.7 Å². The molecule has 0 saturated heterocycles. The quantitative estimate of drug-likeness (QED) is 0.224. The zero-order valence-electron chi connectivity index (χ0n) is 27.1. The van der Waals surface area contributed by atoms with Crippen molar-refractivity contribution >= 4 is 53.6 Å². The van der Waals surface area contributed by atoms with Crippen LogP contribution in [0.2, 0.25) is 0 Å². The van der Waals surface area contributed by atoms with Gasteiger partial charge in [0.2, 0.25) is 20.0 Å². The molecule has 51 heavy (non-hydrogen) atoms. The second kappa shape index (κ2) is 15.5. The molecule has 1 heterocycles. The summed E-state index contributed by atoms with van der Waals surface area (Å²) in [4.78, 5) is -0.526. The Labute approximate surface area is 303 Å². The fourth-order valence-corrected chi connectivity index (χ4v) is 5.48. The first kappa shape index (κ1) is 38.1. The van der Waals surface area contributed by atoms with E-state index in [1.54, 1.807) is 55.5 Å². The van der Waals surface area contributed by atoms with Crippen LogP contribution < -0.4 is 30.7 Å². The number of sulfonamides is 2. The molecule has 1 radical (unpaired) electrons. The molecular formula is C32H25CrN8O8S2. The molecule has 0 saturated carbocycles. The van der Waals surface area contributed by atoms with Gasteiger partial charge in [0.1, 0.15) is 5.69 Å². The van der Waals surface area contributed by atoms with Gasteiger partial charge in [-0.25, -0.2) is 31.8 Å². The molecule has 0 unspecified atom stereocenters. The van der Waals surface area contributed by atoms with E-state index in [0.29, 0.717) is 16.8 Å². The third-order valence-corrected chi connectivity index (χ3v) is 8.71. The summed E-state index contributed by atoms with van der Waals surface area (Å²) in [5.74, 6) is -1.94. The van der Waals surface area contributed by atoms with Crippen LogP contribution in [-0.2, 0) is 37.4 Å². The summed E-state index contributed by atoms with van der Waals surface area (Å²) in [7, 11) is -7.96. The van der Waals surface area contributed by atoms with Crippen LogP contribution in [0.5, 0.6) is 23.1 Å². The number of primary sulfonamides is 2. The van der Waals surface area contributed by atoms with E-state index in [0.717, 1.165) is 41.8 Å². The van der Waals surface area contributed by atoms with Gasteiger partial charge in [-0.3, -0.25) is 0 Å². The first-order chi connectivity index (χ1) is 23.6. The molecular weight excluding hydrogens is 741 g/mol. The normalized spacial score (nSPS) is 11.7. The number of fused-ring (bicyclic) bond motifs is 1. The van der Waals surface area contributed by atoms with Gasteiger partial charge in [0.05, 0.1) is 38.2 Å². The van der Waals surface area contributed by atoms with Crippen molar-refractivity contribution in [3.8, 4) is 28.8 Å². The largest absolute Gasteiger partial charge is 3.00 e. The number of hydrogen-bond acceptors (Lipinski definition) is 13. The maximum Gasteiger partial charge on any atom is 3.00 e. The van der Waals surface area contributed by atoms with Crippen LogP contribution in [0, 0.1) is 6.92 Å². The molecule has 0 aliphatic rings. The number of benzene rings is 5. The van der Waals surface area contributed by atoms with Crippen LogP contribution in [-0.4, -0.2) is 26.6 Å². The molecule has 19 heteroatoms. The number of rotatable bonds is 7. The number of para-hydroxylation sites is 1. The predicted octanol–water partition coefficient (Wildman–Crippen LogP) is 3.55. The number of azo groups is 2. The van der Waals surface area contributed by atoms with Crippen molar-refractivity contribution in [1.82, 2.24) is 9.78 Å². The monoisotopic (exact) mass is 765 g/mol. The van der Waals surface area contributed by atoms with Crippen LogP contribution in [0.1, 0.15) is 7.12 Å². The van der Waals surface area contributed by atoms with Crippen LogP contribution in [0.4, 0.5) is 22.7 Å². The van der Waals surface area contributed by atoms with Gasteiger partial charge in [0.25, 0.3) is 0 Å². The molecule has 0 atom stereocenters. The fourth-order valence-electron chi connectivity index (χ4n) is 4.41. The van der Waals surface area contributed by atoms with Crippen LogP contribution in [0.25, 0.3) is 16.5 Å². The van der Waals surface area contributed by atoms with Gasteiger partial charge in [-0.15, -0.1) is 5.11 Å². The van der Waals surface area contributed by atoms with E-state index in [4.69, 9.17) is 10.3 Å². The average Bonchev–Trinajstić information content (AvgIpc) is 3.36. The Morgan fingerprint density at radius 2 is 1.12 bits per heavy atom. The van der Waals surface area contributed by atoms with E-state index in [1.165, 1.54) is 10.7 Å². The van der Waals surface area contributed by atoms with Gasteiger partial charge in [-0.2, -0.15) is 20.4 Å². The van der Waals surface area contributed by atoms with E-state index >= 15 is 0 Å². The molecule has 4 N–H and O–H groups in total. The van der Waals surface area contributed by atoms with Gasteiger partial charge in [0.15, 0.2) is 0 Å². The van der Waals surface area contributed by atoms with E-state index < -0.39 is 37.4 Å². The van der Waals surface area contributed by atoms with E-state index in [-0.39, 0.29) is 57.1 Å². The molecule has 5 aromatic carbocycles. The minimum Gasteiger partial charge on any atom is -0.871 e. The number of nitrogens with zero attached hydrogens (tertiary/aromatic N) is 6. The standard InChI is InChI=1S/C16H15N5O4S.C16H13N3O4S.Cr/c1-10-15(16(23)21(20-10)11-5-3-2-4-6-11)19-18-13-9-12(26(17,24)25)7-8-14(13)22;17-24(22,23)11-6-8-14(20)13(9-11)18-19-16-12-4-2-1-3-10(12)5-7-15(16)21;/h2-9,22-23H,1H3,(H2,17,24,25);1-9,20-21H,(H2,17,22,23);/q;;+3/p-3. The van der Waals surface area contributed by atoms with Gasteiger partial charge in [0, 0.05) is 11.3 Å². The topological polar surface area (TPSA) is 280 Å². The van der Waals surface area contributed by atoms with Gasteiger partial charge >= 0.3 is 18.8 Å². The van der Waals surface area contributed by atoms with E-state index in [2.05, 4.69) is 25.6 Å². The van der Waals surface area contributed by atoms with Crippen molar-refractivity contribution < 1.29 is 56.0 Å². The molecule has 0 aliphatic carbocycles. The van der Waals surface area contributed by atoms with Crippen LogP contribution in [0.15, 0.2) is 133 Å². The summed E-state index contributed by atoms with van der Waals surface area (Å²) in [5.41, 5.74) is 0.444. The molecule has 0 fully saturated rings. The number of aryl methyl sites for hydroxylation is 1. The second-order valence-corrected chi connectivity index (χ2v) is 13.5. The molecule has 1 aromatic heterocycles. The first-order valence-electron chi connectivity index (χ1n) is 14.2. The molecule has 16 nitrogen and oxygen atoms in total. The van der Waals surface area contributed by atoms with Crippen molar-refractivity contribution in [2.45, 2.75) is 16.7 Å². The fraction of sp³-hybridized carbons (Fsp3) is 0.0312. The summed E-state index contributed by atoms with van der Waals surface area (Å²) in [6.45, 7) is 1.58. The Morgan fingerprint density at radius 1 is 0.627 bits per heavy atom. The molecule has 6 aromatic rings. The maximum absolute atomic E-state index is 12.5.